The van der Waals surface area contributed by atoms with E-state index in [9.17, 15) is 4.79 Å². The number of aliphatic imine (C=N–C) groups is 1. The molecule has 0 aromatic heterocycles. The maximum Gasteiger partial charge on any atom is 0.240 e. The molecule has 1 aromatic rings. The quantitative estimate of drug-likeness (QED) is 0.387. The summed E-state index contributed by atoms with van der Waals surface area (Å²) < 4.78 is 0. The predicted molar refractivity (Wildman–Crippen MR) is 41.8 cm³/mol. The maximum atomic E-state index is 9.80. The molecule has 0 fully saturated rings. The summed E-state index contributed by atoms with van der Waals surface area (Å²) in [4.78, 5) is 13.2. The van der Waals surface area contributed by atoms with Crippen molar-refractivity contribution in [3.05, 3.63) is 36.4 Å². The van der Waals surface area contributed by atoms with E-state index < -0.39 is 0 Å². The van der Waals surface area contributed by atoms with Crippen molar-refractivity contribution in [1.29, 1.82) is 0 Å². The van der Waals surface area contributed by atoms with Gasteiger partial charge in [0.1, 0.15) is 0 Å². The highest BCUT2D eigenvalue weighted by atomic mass is 16.1. The number of hydrogen-bond acceptors (Lipinski definition) is 3. The van der Waals surface area contributed by atoms with Gasteiger partial charge >= 0.3 is 0 Å². The van der Waals surface area contributed by atoms with E-state index in [1.165, 1.54) is 12.6 Å². The van der Waals surface area contributed by atoms with Crippen molar-refractivity contribution in [2.45, 2.75) is 0 Å². The first-order valence-corrected chi connectivity index (χ1v) is 3.09. The van der Waals surface area contributed by atoms with E-state index in [0.717, 1.165) is 5.56 Å². The number of carbonyl (C=O) groups excluding carboxylic acids is 1. The van der Waals surface area contributed by atoms with Crippen molar-refractivity contribution in [3.63, 3.8) is 0 Å². The zero-order chi connectivity index (χ0) is 8.10. The van der Waals surface area contributed by atoms with Crippen LogP contribution in [0.1, 0.15) is 5.56 Å². The summed E-state index contributed by atoms with van der Waals surface area (Å²) in [6.07, 6.45) is 1.46. The molecule has 0 saturated carbocycles. The Morgan fingerprint density at radius 2 is 2.00 bits per heavy atom. The Labute approximate surface area is 64.6 Å². The fraction of sp³-hybridized carbons (Fsp3) is 0. The molecule has 1 aromatic carbocycles. The van der Waals surface area contributed by atoms with Crippen LogP contribution in [0.3, 0.4) is 0 Å². The summed E-state index contributed by atoms with van der Waals surface area (Å²) in [6, 6.07) is 6.94. The van der Waals surface area contributed by atoms with Crippen molar-refractivity contribution in [1.82, 2.24) is 0 Å². The lowest BCUT2D eigenvalue weighted by atomic mass is 10.2. The third-order valence-electron chi connectivity index (χ3n) is 1.26. The highest BCUT2D eigenvalue weighted by molar-refractivity contribution is 5.49. The molecule has 0 aliphatic carbocycles. The van der Waals surface area contributed by atoms with Crippen molar-refractivity contribution >= 4 is 11.8 Å². The molecule has 0 aliphatic rings. The van der Waals surface area contributed by atoms with Crippen LogP contribution in [-0.4, -0.2) is 6.08 Å². The van der Waals surface area contributed by atoms with Gasteiger partial charge in [-0.3, -0.25) is 0 Å². The lowest BCUT2D eigenvalue weighted by Gasteiger charge is -2.03. The van der Waals surface area contributed by atoms with Crippen LogP contribution in [-0.2, 0) is 4.79 Å². The van der Waals surface area contributed by atoms with Gasteiger partial charge in [0.2, 0.25) is 6.08 Å². The lowest BCUT2D eigenvalue weighted by Crippen LogP contribution is -1.90. The molecule has 0 amide bonds. The highest BCUT2D eigenvalue weighted by Gasteiger charge is 1.81. The van der Waals surface area contributed by atoms with E-state index in [1.54, 1.807) is 24.3 Å². The topological polar surface area (TPSA) is 55.4 Å². The minimum absolute atomic E-state index is 0.589. The van der Waals surface area contributed by atoms with Crippen LogP contribution < -0.4 is 5.73 Å². The molecule has 3 nitrogen and oxygen atoms in total. The largest absolute Gasteiger partial charge is 0.360 e. The molecule has 0 atom stereocenters. The molecule has 0 radical (unpaired) electrons. The molecule has 0 aliphatic heterocycles. The normalized spacial score (nSPS) is 8.45. The third-order valence-corrected chi connectivity index (χ3v) is 1.26. The van der Waals surface area contributed by atoms with Crippen LogP contribution in [0.2, 0.25) is 0 Å². The van der Waals surface area contributed by atoms with E-state index in [2.05, 4.69) is 4.99 Å². The molecule has 0 spiro atoms. The van der Waals surface area contributed by atoms with Gasteiger partial charge in [0.25, 0.3) is 0 Å². The van der Waals surface area contributed by atoms with Gasteiger partial charge in [0, 0.05) is 0 Å². The molecule has 0 bridgehead atoms. The number of nitrogens with two attached hydrogens (primary N) is 1. The van der Waals surface area contributed by atoms with Crippen molar-refractivity contribution in [2.24, 2.45) is 10.7 Å². The summed E-state index contributed by atoms with van der Waals surface area (Å²) in [5, 5.41) is 0. The second-order valence-corrected chi connectivity index (χ2v) is 1.96. The van der Waals surface area contributed by atoms with Gasteiger partial charge in [0.15, 0.2) is 0 Å². The summed E-state index contributed by atoms with van der Waals surface area (Å²) in [5.74, 6) is 0. The fourth-order valence-corrected chi connectivity index (χ4v) is 0.713. The Morgan fingerprint density at radius 3 is 2.45 bits per heavy atom. The average Bonchev–Trinajstić information content (AvgIpc) is 2.07. The van der Waals surface area contributed by atoms with Crippen molar-refractivity contribution < 1.29 is 4.79 Å². The molecule has 0 saturated heterocycles. The minimum atomic E-state index is 0.589. The first-order valence-electron chi connectivity index (χ1n) is 3.09. The van der Waals surface area contributed by atoms with E-state index in [1.807, 2.05) is 0 Å². The highest BCUT2D eigenvalue weighted by Crippen LogP contribution is 2.11. The molecule has 0 heterocycles. The minimum Gasteiger partial charge on any atom is -0.360 e. The molecular weight excluding hydrogens is 140 g/mol. The number of benzene rings is 1. The third kappa shape index (κ3) is 1.93. The Bertz CT molecular complexity index is 273. The molecule has 1 rings (SSSR count). The van der Waals surface area contributed by atoms with Crippen LogP contribution in [0, 0.1) is 6.54 Å². The maximum absolute atomic E-state index is 9.80. The standard InChI is InChI=1S/C8H7N2O/c9-5-7-1-3-8(4-2-7)10-6-11/h1-5H,9H2/q-1. The second-order valence-electron chi connectivity index (χ2n) is 1.96. The fourth-order valence-electron chi connectivity index (χ4n) is 0.713. The average molecular weight is 147 g/mol. The number of isocyanates is 1. The molecular formula is C8H7N2O-. The van der Waals surface area contributed by atoms with Gasteiger partial charge in [-0.1, -0.05) is 12.1 Å². The predicted octanol–water partition coefficient (Wildman–Crippen LogP) is 1.12. The summed E-state index contributed by atoms with van der Waals surface area (Å²) in [5.41, 5.74) is 6.73. The van der Waals surface area contributed by atoms with Crippen LogP contribution in [0.5, 0.6) is 0 Å². The number of hydrogen-bond donors (Lipinski definition) is 1. The van der Waals surface area contributed by atoms with Gasteiger partial charge in [-0.05, 0) is 0 Å². The number of nitrogens with zero attached hydrogens (tertiary/aromatic N) is 1. The van der Waals surface area contributed by atoms with Gasteiger partial charge in [0.05, 0.1) is 5.69 Å². The molecule has 11 heavy (non-hydrogen) atoms. The van der Waals surface area contributed by atoms with E-state index >= 15 is 0 Å². The summed E-state index contributed by atoms with van der Waals surface area (Å²) >= 11 is 0. The molecule has 2 N–H and O–H groups in total. The SMILES string of the molecule is N[CH-]c1ccc(N=C=O)cc1. The van der Waals surface area contributed by atoms with Crippen LogP contribution in [0.25, 0.3) is 0 Å². The zero-order valence-corrected chi connectivity index (χ0v) is 5.82. The molecule has 0 unspecified atom stereocenters. The van der Waals surface area contributed by atoms with Gasteiger partial charge in [-0.2, -0.15) is 22.7 Å². The van der Waals surface area contributed by atoms with E-state index in [-0.39, 0.29) is 0 Å². The first kappa shape index (κ1) is 7.54. The van der Waals surface area contributed by atoms with Crippen LogP contribution in [0.15, 0.2) is 29.3 Å². The van der Waals surface area contributed by atoms with Gasteiger partial charge < -0.3 is 5.73 Å². The molecule has 3 heteroatoms. The zero-order valence-electron chi connectivity index (χ0n) is 5.82. The monoisotopic (exact) mass is 147 g/mol. The van der Waals surface area contributed by atoms with Crippen LogP contribution >= 0.6 is 0 Å². The Hall–Kier alpha value is -1.57. The Kier molecular flexibility index (Phi) is 2.44. The van der Waals surface area contributed by atoms with E-state index in [0.29, 0.717) is 5.69 Å². The smallest absolute Gasteiger partial charge is 0.240 e. The van der Waals surface area contributed by atoms with Crippen LogP contribution in [0.4, 0.5) is 5.69 Å². The van der Waals surface area contributed by atoms with Crippen molar-refractivity contribution in [3.8, 4) is 0 Å². The summed E-state index contributed by atoms with van der Waals surface area (Å²) in [6.45, 7) is 1.48. The number of rotatable bonds is 2. The van der Waals surface area contributed by atoms with E-state index in [4.69, 9.17) is 5.73 Å². The molecule has 56 valence electrons. The Balaban J connectivity index is 2.91. The summed E-state index contributed by atoms with van der Waals surface area (Å²) in [7, 11) is 0. The first-order chi connectivity index (χ1) is 5.36. The lowest BCUT2D eigenvalue weighted by molar-refractivity contribution is 0.565. The second kappa shape index (κ2) is 3.56. The van der Waals surface area contributed by atoms with Gasteiger partial charge in [-0.25, -0.2) is 4.79 Å². The van der Waals surface area contributed by atoms with Crippen molar-refractivity contribution in [2.75, 3.05) is 0 Å². The van der Waals surface area contributed by atoms with Gasteiger partial charge in [-0.15, -0.1) is 6.54 Å². The Morgan fingerprint density at radius 1 is 1.36 bits per heavy atom.